The summed E-state index contributed by atoms with van der Waals surface area (Å²) in [6.45, 7) is 3.69. The van der Waals surface area contributed by atoms with E-state index in [2.05, 4.69) is 16.3 Å². The fourth-order valence-corrected chi connectivity index (χ4v) is 5.86. The lowest BCUT2D eigenvalue weighted by Crippen LogP contribution is -2.42. The number of hydrogen-bond acceptors (Lipinski definition) is 4. The first-order valence-corrected chi connectivity index (χ1v) is 13.8. The van der Waals surface area contributed by atoms with Crippen LogP contribution >= 0.6 is 23.2 Å². The van der Waals surface area contributed by atoms with Crippen molar-refractivity contribution in [2.24, 2.45) is 0 Å². The van der Waals surface area contributed by atoms with Gasteiger partial charge in [0, 0.05) is 66.6 Å². The van der Waals surface area contributed by atoms with Crippen molar-refractivity contribution >= 4 is 46.5 Å². The average molecular weight is 563 g/mol. The Morgan fingerprint density at radius 3 is 2.49 bits per heavy atom. The molecule has 1 N–H and O–H groups in total. The molecular weight excluding hydrogens is 533 g/mol. The molecule has 5 rings (SSSR count). The molecular formula is C30H29Cl2N5O2. The first-order valence-electron chi connectivity index (χ1n) is 13.1. The number of benzene rings is 3. The zero-order valence-electron chi connectivity index (χ0n) is 21.4. The van der Waals surface area contributed by atoms with Crippen molar-refractivity contribution in [3.05, 3.63) is 82.3 Å². The van der Waals surface area contributed by atoms with Gasteiger partial charge in [-0.1, -0.05) is 47.5 Å². The molecule has 2 aliphatic rings. The number of carbonyl (C=O) groups is 2. The van der Waals surface area contributed by atoms with Gasteiger partial charge in [-0.05, 0) is 66.4 Å². The summed E-state index contributed by atoms with van der Waals surface area (Å²) in [6, 6.07) is 22.2. The highest BCUT2D eigenvalue weighted by atomic mass is 35.5. The highest BCUT2D eigenvalue weighted by Gasteiger charge is 2.33. The van der Waals surface area contributed by atoms with Gasteiger partial charge >= 0.3 is 6.03 Å². The Morgan fingerprint density at radius 1 is 1.03 bits per heavy atom. The molecule has 0 radical (unpaired) electrons. The van der Waals surface area contributed by atoms with Crippen LogP contribution in [0.1, 0.15) is 24.8 Å². The summed E-state index contributed by atoms with van der Waals surface area (Å²) in [5.41, 5.74) is 3.74. The maximum Gasteiger partial charge on any atom is 0.326 e. The van der Waals surface area contributed by atoms with Crippen LogP contribution in [0.3, 0.4) is 0 Å². The number of nitrogens with zero attached hydrogens (tertiary/aromatic N) is 4. The van der Waals surface area contributed by atoms with E-state index in [1.165, 1.54) is 0 Å². The molecule has 2 heterocycles. The average Bonchev–Trinajstić information content (AvgIpc) is 3.57. The molecule has 7 nitrogen and oxygen atoms in total. The van der Waals surface area contributed by atoms with E-state index in [-0.39, 0.29) is 18.0 Å². The fraction of sp³-hybridized carbons (Fsp3) is 0.300. The molecule has 0 unspecified atom stereocenters. The Balaban J connectivity index is 1.33. The second-order valence-corrected chi connectivity index (χ2v) is 10.8. The van der Waals surface area contributed by atoms with E-state index in [9.17, 15) is 14.9 Å². The molecule has 2 aliphatic heterocycles. The van der Waals surface area contributed by atoms with Gasteiger partial charge in [-0.3, -0.25) is 14.6 Å². The smallest absolute Gasteiger partial charge is 0.326 e. The molecule has 2 fully saturated rings. The zero-order chi connectivity index (χ0) is 27.4. The van der Waals surface area contributed by atoms with Gasteiger partial charge in [-0.15, -0.1) is 0 Å². The molecule has 39 heavy (non-hydrogen) atoms. The maximum atomic E-state index is 13.5. The predicted octanol–water partition coefficient (Wildman–Crippen LogP) is 6.27. The Bertz CT molecular complexity index is 1380. The molecule has 1 atom stereocenters. The number of hydrogen-bond donors (Lipinski definition) is 1. The summed E-state index contributed by atoms with van der Waals surface area (Å²) in [6.07, 6.45) is 2.54. The molecule has 2 saturated heterocycles. The maximum absolute atomic E-state index is 13.5. The number of nitrogens with one attached hydrogen (secondary N) is 1. The monoisotopic (exact) mass is 561 g/mol. The summed E-state index contributed by atoms with van der Waals surface area (Å²) in [4.78, 5) is 31.8. The number of nitriles is 1. The first-order chi connectivity index (χ1) is 18.9. The van der Waals surface area contributed by atoms with E-state index < -0.39 is 0 Å². The molecule has 0 aliphatic carbocycles. The number of anilines is 2. The molecule has 0 bridgehead atoms. The van der Waals surface area contributed by atoms with Crippen LogP contribution < -0.4 is 10.2 Å². The lowest BCUT2D eigenvalue weighted by atomic mass is 10.0. The number of urea groups is 1. The number of carbonyl (C=O) groups excluding carboxylic acids is 2. The van der Waals surface area contributed by atoms with E-state index in [1.807, 2.05) is 47.4 Å². The highest BCUT2D eigenvalue weighted by Crippen LogP contribution is 2.27. The van der Waals surface area contributed by atoms with Crippen LogP contribution in [0.4, 0.5) is 16.2 Å². The van der Waals surface area contributed by atoms with Gasteiger partial charge in [0.2, 0.25) is 5.91 Å². The van der Waals surface area contributed by atoms with Crippen LogP contribution in [0.2, 0.25) is 10.0 Å². The summed E-state index contributed by atoms with van der Waals surface area (Å²) >= 11 is 12.3. The quantitative estimate of drug-likeness (QED) is 0.368. The number of rotatable bonds is 7. The van der Waals surface area contributed by atoms with Crippen molar-refractivity contribution in [1.82, 2.24) is 9.80 Å². The largest absolute Gasteiger partial charge is 0.338 e. The SMILES string of the molecule is N#Cc1cccc(-c2ccc(N(CCN3CC[C@@H](N4CCCC4=O)C3)C(=O)Nc3cc(Cl)cc(Cl)c3)cc2)c1. The molecule has 3 aromatic carbocycles. The van der Waals surface area contributed by atoms with Crippen molar-refractivity contribution < 1.29 is 9.59 Å². The van der Waals surface area contributed by atoms with E-state index >= 15 is 0 Å². The van der Waals surface area contributed by atoms with Crippen LogP contribution in [-0.2, 0) is 4.79 Å². The summed E-state index contributed by atoms with van der Waals surface area (Å²) in [5.74, 6) is 0.253. The van der Waals surface area contributed by atoms with E-state index in [4.69, 9.17) is 23.2 Å². The first kappa shape index (κ1) is 27.0. The van der Waals surface area contributed by atoms with E-state index in [1.54, 1.807) is 29.2 Å². The van der Waals surface area contributed by atoms with Crippen LogP contribution in [0.25, 0.3) is 11.1 Å². The molecule has 3 aromatic rings. The molecule has 0 aromatic heterocycles. The minimum absolute atomic E-state index is 0.249. The third-order valence-electron chi connectivity index (χ3n) is 7.30. The second kappa shape index (κ2) is 12.1. The van der Waals surface area contributed by atoms with E-state index in [0.29, 0.717) is 40.8 Å². The second-order valence-electron chi connectivity index (χ2n) is 9.91. The standard InChI is InChI=1S/C30H29Cl2N5O2/c31-24-16-25(32)18-26(17-24)34-30(39)37(14-13-35-12-10-28(20-35)36-11-2-5-29(36)38)27-8-6-22(7-9-27)23-4-1-3-21(15-23)19-33/h1,3-4,6-9,15-18,28H,2,5,10-14,20H2,(H,34,39)/t28-/m1/s1. The van der Waals surface area contributed by atoms with Crippen LogP contribution in [0.15, 0.2) is 66.7 Å². The minimum atomic E-state index is -0.293. The third kappa shape index (κ3) is 6.54. The summed E-state index contributed by atoms with van der Waals surface area (Å²) < 4.78 is 0. The topological polar surface area (TPSA) is 79.7 Å². The van der Waals surface area contributed by atoms with Crippen molar-refractivity contribution in [2.75, 3.05) is 42.9 Å². The van der Waals surface area contributed by atoms with Crippen LogP contribution in [0, 0.1) is 11.3 Å². The van der Waals surface area contributed by atoms with Crippen molar-refractivity contribution in [1.29, 1.82) is 5.26 Å². The third-order valence-corrected chi connectivity index (χ3v) is 7.74. The normalized spacial score (nSPS) is 17.3. The Kier molecular flexibility index (Phi) is 8.37. The lowest BCUT2D eigenvalue weighted by molar-refractivity contribution is -0.129. The molecule has 0 saturated carbocycles. The van der Waals surface area contributed by atoms with Gasteiger partial charge in [-0.2, -0.15) is 5.26 Å². The molecule has 9 heteroatoms. The van der Waals surface area contributed by atoms with Gasteiger partial charge in [0.05, 0.1) is 11.6 Å². The van der Waals surface area contributed by atoms with Gasteiger partial charge in [-0.25, -0.2) is 4.79 Å². The predicted molar refractivity (Wildman–Crippen MR) is 155 cm³/mol. The van der Waals surface area contributed by atoms with Crippen LogP contribution in [-0.4, -0.2) is 60.5 Å². The number of likely N-dealkylation sites (tertiary alicyclic amines) is 2. The molecule has 0 spiro atoms. The van der Waals surface area contributed by atoms with Gasteiger partial charge in [0.15, 0.2) is 0 Å². The minimum Gasteiger partial charge on any atom is -0.338 e. The summed E-state index contributed by atoms with van der Waals surface area (Å²) in [5, 5.41) is 13.0. The summed E-state index contributed by atoms with van der Waals surface area (Å²) in [7, 11) is 0. The Labute approximate surface area is 238 Å². The van der Waals surface area contributed by atoms with Gasteiger partial charge < -0.3 is 10.2 Å². The van der Waals surface area contributed by atoms with Crippen molar-refractivity contribution in [3.63, 3.8) is 0 Å². The van der Waals surface area contributed by atoms with E-state index in [0.717, 1.165) is 49.3 Å². The Morgan fingerprint density at radius 2 is 1.79 bits per heavy atom. The number of amides is 3. The van der Waals surface area contributed by atoms with Crippen molar-refractivity contribution in [3.8, 4) is 17.2 Å². The van der Waals surface area contributed by atoms with Gasteiger partial charge in [0.25, 0.3) is 0 Å². The fourth-order valence-electron chi connectivity index (χ4n) is 5.33. The van der Waals surface area contributed by atoms with Gasteiger partial charge in [0.1, 0.15) is 0 Å². The highest BCUT2D eigenvalue weighted by molar-refractivity contribution is 6.35. The lowest BCUT2D eigenvalue weighted by Gasteiger charge is -2.27. The molecule has 3 amide bonds. The zero-order valence-corrected chi connectivity index (χ0v) is 23.0. The molecule has 200 valence electrons. The van der Waals surface area contributed by atoms with Crippen LogP contribution in [0.5, 0.6) is 0 Å². The van der Waals surface area contributed by atoms with Crippen molar-refractivity contribution in [2.45, 2.75) is 25.3 Å². The number of halogens is 2. The Hall–Kier alpha value is -3.57.